The lowest BCUT2D eigenvalue weighted by Crippen LogP contribution is -2.33. The summed E-state index contributed by atoms with van der Waals surface area (Å²) in [6.07, 6.45) is -1.38. The summed E-state index contributed by atoms with van der Waals surface area (Å²) in [4.78, 5) is 23.4. The summed E-state index contributed by atoms with van der Waals surface area (Å²) in [5.74, 6) is -3.71. The first-order valence-corrected chi connectivity index (χ1v) is 5.79. The minimum atomic E-state index is -1.17. The molecule has 2 N–H and O–H groups in total. The van der Waals surface area contributed by atoms with Crippen molar-refractivity contribution < 1.29 is 28.2 Å². The average Bonchev–Trinajstić information content (AvgIpc) is 2.74. The Kier molecular flexibility index (Phi) is 3.73. The number of phenolic OH excluding ortho intramolecular Hbond substituents is 1. The molecule has 1 atom stereocenters. The first-order valence-electron chi connectivity index (χ1n) is 5.79. The number of amides is 2. The highest BCUT2D eigenvalue weighted by molar-refractivity contribution is 5.90. The van der Waals surface area contributed by atoms with E-state index in [4.69, 9.17) is 9.84 Å². The molecule has 1 fully saturated rings. The zero-order chi connectivity index (χ0) is 14.9. The number of ether oxygens (including phenoxy) is 1. The highest BCUT2D eigenvalue weighted by Crippen LogP contribution is 2.29. The van der Waals surface area contributed by atoms with Crippen molar-refractivity contribution in [2.24, 2.45) is 0 Å². The Morgan fingerprint density at radius 1 is 1.50 bits per heavy atom. The number of hydrogen-bond donors (Lipinski definition) is 2. The van der Waals surface area contributed by atoms with Gasteiger partial charge in [0.15, 0.2) is 17.4 Å². The third kappa shape index (κ3) is 2.79. The van der Waals surface area contributed by atoms with E-state index >= 15 is 0 Å². The van der Waals surface area contributed by atoms with Gasteiger partial charge in [-0.05, 0) is 0 Å². The summed E-state index contributed by atoms with van der Waals surface area (Å²) in [7, 11) is 0. The van der Waals surface area contributed by atoms with Gasteiger partial charge in [-0.25, -0.2) is 13.6 Å². The molecule has 0 spiro atoms. The molecule has 1 aliphatic heterocycles. The zero-order valence-electron chi connectivity index (χ0n) is 10.5. The number of anilines is 1. The van der Waals surface area contributed by atoms with E-state index in [9.17, 15) is 18.4 Å². The molecule has 0 bridgehead atoms. The van der Waals surface area contributed by atoms with Crippen LogP contribution in [0.5, 0.6) is 5.75 Å². The van der Waals surface area contributed by atoms with Crippen molar-refractivity contribution in [2.75, 3.05) is 18.0 Å². The average molecular weight is 286 g/mol. The lowest BCUT2D eigenvalue weighted by molar-refractivity contribution is -0.119. The fourth-order valence-corrected chi connectivity index (χ4v) is 1.80. The van der Waals surface area contributed by atoms with E-state index in [-0.39, 0.29) is 24.7 Å². The third-order valence-corrected chi connectivity index (χ3v) is 2.77. The molecular formula is C12H12F2N2O4. The molecule has 1 unspecified atom stereocenters. The van der Waals surface area contributed by atoms with E-state index < -0.39 is 29.6 Å². The predicted molar refractivity (Wildman–Crippen MR) is 64.3 cm³/mol. The normalized spacial score (nSPS) is 18.1. The maximum atomic E-state index is 13.2. The SMILES string of the molecule is CC(=O)NCC1CN(c2cc(F)c(O)c(F)c2)C(=O)O1. The van der Waals surface area contributed by atoms with Gasteiger partial charge in [0.2, 0.25) is 5.91 Å². The first-order chi connectivity index (χ1) is 9.38. The fraction of sp³-hybridized carbons (Fsp3) is 0.333. The van der Waals surface area contributed by atoms with Crippen LogP contribution in [0.2, 0.25) is 0 Å². The van der Waals surface area contributed by atoms with Gasteiger partial charge >= 0.3 is 6.09 Å². The number of hydrogen-bond acceptors (Lipinski definition) is 4. The Balaban J connectivity index is 2.14. The number of halogens is 2. The van der Waals surface area contributed by atoms with E-state index in [0.717, 1.165) is 17.0 Å². The van der Waals surface area contributed by atoms with Gasteiger partial charge in [0.1, 0.15) is 6.10 Å². The van der Waals surface area contributed by atoms with Crippen molar-refractivity contribution >= 4 is 17.7 Å². The molecule has 0 radical (unpaired) electrons. The summed E-state index contributed by atoms with van der Waals surface area (Å²) >= 11 is 0. The van der Waals surface area contributed by atoms with Crippen molar-refractivity contribution in [3.8, 4) is 5.75 Å². The quantitative estimate of drug-likeness (QED) is 0.873. The summed E-state index contributed by atoms with van der Waals surface area (Å²) in [5.41, 5.74) is -0.0619. The molecule has 1 heterocycles. The van der Waals surface area contributed by atoms with Crippen LogP contribution in [0.3, 0.4) is 0 Å². The largest absolute Gasteiger partial charge is 0.503 e. The number of nitrogens with zero attached hydrogens (tertiary/aromatic N) is 1. The number of cyclic esters (lactones) is 1. The smallest absolute Gasteiger partial charge is 0.414 e. The van der Waals surface area contributed by atoms with Crippen molar-refractivity contribution in [3.63, 3.8) is 0 Å². The van der Waals surface area contributed by atoms with E-state index in [1.165, 1.54) is 6.92 Å². The summed E-state index contributed by atoms with van der Waals surface area (Å²) < 4.78 is 31.4. The first kappa shape index (κ1) is 14.0. The fourth-order valence-electron chi connectivity index (χ4n) is 1.80. The molecule has 2 amide bonds. The maximum Gasteiger partial charge on any atom is 0.414 e. The van der Waals surface area contributed by atoms with Crippen LogP contribution >= 0.6 is 0 Å². The monoisotopic (exact) mass is 286 g/mol. The van der Waals surface area contributed by atoms with Crippen molar-refractivity contribution in [3.05, 3.63) is 23.8 Å². The van der Waals surface area contributed by atoms with Crippen LogP contribution in [0.4, 0.5) is 19.3 Å². The molecule has 1 aromatic carbocycles. The number of nitrogens with one attached hydrogen (secondary N) is 1. The van der Waals surface area contributed by atoms with E-state index in [2.05, 4.69) is 5.32 Å². The van der Waals surface area contributed by atoms with Crippen LogP contribution in [0.25, 0.3) is 0 Å². The van der Waals surface area contributed by atoms with Gasteiger partial charge < -0.3 is 15.2 Å². The van der Waals surface area contributed by atoms with Gasteiger partial charge in [-0.1, -0.05) is 0 Å². The summed E-state index contributed by atoms with van der Waals surface area (Å²) in [5, 5.41) is 11.5. The molecule has 8 heteroatoms. The Hall–Kier alpha value is -2.38. The summed E-state index contributed by atoms with van der Waals surface area (Å²) in [6, 6.07) is 1.67. The van der Waals surface area contributed by atoms with Gasteiger partial charge in [0.05, 0.1) is 18.8 Å². The third-order valence-electron chi connectivity index (χ3n) is 2.77. The topological polar surface area (TPSA) is 78.9 Å². The van der Waals surface area contributed by atoms with Gasteiger partial charge in [0.25, 0.3) is 0 Å². The van der Waals surface area contributed by atoms with Gasteiger partial charge in [-0.2, -0.15) is 0 Å². The standard InChI is InChI=1S/C12H12F2N2O4/c1-6(17)15-4-8-5-16(12(19)20-8)7-2-9(13)11(18)10(14)3-7/h2-3,8,18H,4-5H2,1H3,(H,15,17). The Morgan fingerprint density at radius 2 is 2.10 bits per heavy atom. The van der Waals surface area contributed by atoms with Crippen molar-refractivity contribution in [2.45, 2.75) is 13.0 Å². The molecule has 2 rings (SSSR count). The maximum absolute atomic E-state index is 13.2. The molecule has 1 aliphatic rings. The van der Waals surface area contributed by atoms with Gasteiger partial charge in [-0.15, -0.1) is 0 Å². The molecule has 108 valence electrons. The lowest BCUT2D eigenvalue weighted by atomic mass is 10.2. The lowest BCUT2D eigenvalue weighted by Gasteiger charge is -2.13. The van der Waals surface area contributed by atoms with E-state index in [1.54, 1.807) is 0 Å². The van der Waals surface area contributed by atoms with Gasteiger partial charge in [-0.3, -0.25) is 9.69 Å². The van der Waals surface area contributed by atoms with Crippen LogP contribution < -0.4 is 10.2 Å². The number of rotatable bonds is 3. The van der Waals surface area contributed by atoms with Crippen LogP contribution in [0, 0.1) is 11.6 Å². The molecule has 0 saturated carbocycles. The van der Waals surface area contributed by atoms with Crippen molar-refractivity contribution in [1.29, 1.82) is 0 Å². The number of phenols is 1. The molecule has 1 saturated heterocycles. The molecule has 0 aliphatic carbocycles. The van der Waals surface area contributed by atoms with Gasteiger partial charge in [0, 0.05) is 19.1 Å². The number of carbonyl (C=O) groups is 2. The highest BCUT2D eigenvalue weighted by atomic mass is 19.1. The van der Waals surface area contributed by atoms with E-state index in [1.807, 2.05) is 0 Å². The van der Waals surface area contributed by atoms with E-state index in [0.29, 0.717) is 0 Å². The second kappa shape index (κ2) is 5.32. The highest BCUT2D eigenvalue weighted by Gasteiger charge is 2.33. The second-order valence-electron chi connectivity index (χ2n) is 4.31. The minimum absolute atomic E-state index is 0.0444. The summed E-state index contributed by atoms with van der Waals surface area (Å²) in [6.45, 7) is 1.47. The Morgan fingerprint density at radius 3 is 2.65 bits per heavy atom. The van der Waals surface area contributed by atoms with Crippen LogP contribution in [0.15, 0.2) is 12.1 Å². The molecule has 1 aromatic rings. The number of carbonyl (C=O) groups excluding carboxylic acids is 2. The molecular weight excluding hydrogens is 274 g/mol. The Bertz CT molecular complexity index is 541. The van der Waals surface area contributed by atoms with Crippen molar-refractivity contribution in [1.82, 2.24) is 5.32 Å². The number of benzene rings is 1. The molecule has 0 aromatic heterocycles. The predicted octanol–water partition coefficient (Wildman–Crippen LogP) is 1.13. The Labute approximate surface area is 112 Å². The second-order valence-corrected chi connectivity index (χ2v) is 4.31. The van der Waals surface area contributed by atoms with Crippen LogP contribution in [-0.2, 0) is 9.53 Å². The molecule has 6 nitrogen and oxygen atoms in total. The zero-order valence-corrected chi connectivity index (χ0v) is 10.5. The minimum Gasteiger partial charge on any atom is -0.503 e. The number of aromatic hydroxyl groups is 1. The molecule has 20 heavy (non-hydrogen) atoms. The van der Waals surface area contributed by atoms with Crippen LogP contribution in [0.1, 0.15) is 6.92 Å². The van der Waals surface area contributed by atoms with Crippen LogP contribution in [-0.4, -0.2) is 36.3 Å².